The molecular formula is C55H82O8. The molecule has 1 N–H and O–H groups in total. The maximum Gasteiger partial charge on any atom is 0.332 e. The Morgan fingerprint density at radius 2 is 1.71 bits per heavy atom. The van der Waals surface area contributed by atoms with Gasteiger partial charge in [-0.25, -0.2) is 4.79 Å². The third-order valence-corrected chi connectivity index (χ3v) is 21.1. The molecular weight excluding hydrogens is 789 g/mol. The maximum atomic E-state index is 14.7. The fraction of sp³-hybridized carbons (Fsp3) is 0.836. The van der Waals surface area contributed by atoms with Gasteiger partial charge < -0.3 is 24.1 Å². The third kappa shape index (κ3) is 7.29. The molecule has 0 amide bonds. The summed E-state index contributed by atoms with van der Waals surface area (Å²) in [6.07, 6.45) is 22.7. The van der Waals surface area contributed by atoms with Gasteiger partial charge >= 0.3 is 5.97 Å². The van der Waals surface area contributed by atoms with E-state index in [2.05, 4.69) is 68.4 Å². The Hall–Kier alpha value is -2.13. The minimum Gasteiger partial charge on any atom is -0.456 e. The van der Waals surface area contributed by atoms with Crippen molar-refractivity contribution in [3.05, 3.63) is 35.5 Å². The van der Waals surface area contributed by atoms with E-state index in [9.17, 15) is 19.5 Å². The maximum absolute atomic E-state index is 14.7. The molecule has 350 valence electrons. The Kier molecular flexibility index (Phi) is 12.3. The van der Waals surface area contributed by atoms with E-state index >= 15 is 0 Å². The highest BCUT2D eigenvalue weighted by molar-refractivity contribution is 6.01. The molecule has 8 heteroatoms. The van der Waals surface area contributed by atoms with Crippen molar-refractivity contribution in [2.75, 3.05) is 13.2 Å². The van der Waals surface area contributed by atoms with Gasteiger partial charge in [0.05, 0.1) is 18.3 Å². The van der Waals surface area contributed by atoms with Gasteiger partial charge in [0, 0.05) is 16.7 Å². The van der Waals surface area contributed by atoms with Crippen LogP contribution in [0.25, 0.3) is 0 Å². The van der Waals surface area contributed by atoms with Crippen LogP contribution in [0.15, 0.2) is 35.5 Å². The van der Waals surface area contributed by atoms with Gasteiger partial charge in [0.25, 0.3) is 0 Å². The van der Waals surface area contributed by atoms with Crippen LogP contribution in [-0.2, 0) is 33.3 Å². The monoisotopic (exact) mass is 871 g/mol. The summed E-state index contributed by atoms with van der Waals surface area (Å²) in [5.74, 6) is 4.86. The highest BCUT2D eigenvalue weighted by Crippen LogP contribution is 2.71. The van der Waals surface area contributed by atoms with E-state index in [4.69, 9.17) is 18.9 Å². The summed E-state index contributed by atoms with van der Waals surface area (Å²) in [4.78, 5) is 40.5. The molecule has 0 spiro atoms. The SMILES string of the molecule is CCC[C@H]1OC2C[C@H]3[C@@H]4CCC5=CC(=O)C=C[C@]5(C)[C@H]4[C@@H](O)C[C@]3(C)[C@]2(C(=O)COC(=O)CO[C@H]2CC[C@@]3(C)C(=CC[C@H]4[C@@H]5CC[C@H]([C@H](C)CC[C@@H](C)C(C)C)[C@@]5(C)CC[C@@H]43)C2)O1. The van der Waals surface area contributed by atoms with Crippen LogP contribution in [0.2, 0.25) is 0 Å². The number of fused-ring (bicyclic) bond motifs is 12. The van der Waals surface area contributed by atoms with Gasteiger partial charge in [-0.3, -0.25) is 9.59 Å². The van der Waals surface area contributed by atoms with E-state index < -0.39 is 47.5 Å². The molecule has 1 heterocycles. The summed E-state index contributed by atoms with van der Waals surface area (Å²) in [6.45, 7) is 20.7. The van der Waals surface area contributed by atoms with Crippen molar-refractivity contribution in [2.45, 2.75) is 195 Å². The van der Waals surface area contributed by atoms with Crippen molar-refractivity contribution in [3.63, 3.8) is 0 Å². The lowest BCUT2D eigenvalue weighted by Gasteiger charge is -2.59. The number of hydrogen-bond donors (Lipinski definition) is 1. The largest absolute Gasteiger partial charge is 0.456 e. The van der Waals surface area contributed by atoms with E-state index in [0.29, 0.717) is 24.7 Å². The summed E-state index contributed by atoms with van der Waals surface area (Å²) in [6, 6.07) is 0. The number of ketones is 2. The second-order valence-electron chi connectivity index (χ2n) is 24.2. The van der Waals surface area contributed by atoms with Crippen LogP contribution in [0.3, 0.4) is 0 Å². The number of ether oxygens (including phenoxy) is 4. The molecule has 8 aliphatic carbocycles. The molecule has 0 bridgehead atoms. The van der Waals surface area contributed by atoms with Gasteiger partial charge in [-0.1, -0.05) is 105 Å². The topological polar surface area (TPSA) is 108 Å². The summed E-state index contributed by atoms with van der Waals surface area (Å²) < 4.78 is 25.5. The average Bonchev–Trinajstić information content (AvgIpc) is 3.87. The number of esters is 1. The minimum absolute atomic E-state index is 0.0113. The van der Waals surface area contributed by atoms with Crippen LogP contribution in [0.4, 0.5) is 0 Å². The van der Waals surface area contributed by atoms with Crippen molar-refractivity contribution in [1.82, 2.24) is 0 Å². The van der Waals surface area contributed by atoms with Crippen LogP contribution in [0.1, 0.15) is 165 Å². The average molecular weight is 871 g/mol. The van der Waals surface area contributed by atoms with Gasteiger partial charge in [-0.05, 0) is 160 Å². The van der Waals surface area contributed by atoms with E-state index in [1.54, 1.807) is 12.2 Å². The summed E-state index contributed by atoms with van der Waals surface area (Å²) in [7, 11) is 0. The molecule has 7 fully saturated rings. The van der Waals surface area contributed by atoms with Gasteiger partial charge in [0.15, 0.2) is 24.3 Å². The van der Waals surface area contributed by atoms with Crippen molar-refractivity contribution < 1.29 is 38.4 Å². The third-order valence-electron chi connectivity index (χ3n) is 21.1. The lowest BCUT2D eigenvalue weighted by molar-refractivity contribution is -0.202. The molecule has 0 aromatic rings. The minimum atomic E-state index is -1.32. The number of rotatable bonds is 13. The number of carbonyl (C=O) groups is 3. The van der Waals surface area contributed by atoms with Gasteiger partial charge in [0.2, 0.25) is 5.78 Å². The highest BCUT2D eigenvalue weighted by atomic mass is 16.7. The molecule has 6 saturated carbocycles. The number of carbonyl (C=O) groups excluding carboxylic acids is 3. The number of Topliss-reactive ketones (excluding diaryl/α,β-unsaturated/α-hetero) is 1. The Morgan fingerprint density at radius 3 is 2.48 bits per heavy atom. The van der Waals surface area contributed by atoms with E-state index in [1.165, 1.54) is 50.5 Å². The molecule has 1 saturated heterocycles. The van der Waals surface area contributed by atoms with E-state index in [1.807, 2.05) is 6.08 Å². The summed E-state index contributed by atoms with van der Waals surface area (Å²) in [5, 5.41) is 12.1. The zero-order valence-corrected chi connectivity index (χ0v) is 40.4. The number of hydrogen-bond acceptors (Lipinski definition) is 8. The Morgan fingerprint density at radius 1 is 0.921 bits per heavy atom. The fourth-order valence-corrected chi connectivity index (χ4v) is 17.3. The highest BCUT2D eigenvalue weighted by Gasteiger charge is 2.76. The molecule has 0 aromatic carbocycles. The number of allylic oxidation sites excluding steroid dienone is 5. The quantitative estimate of drug-likeness (QED) is 0.144. The molecule has 0 aromatic heterocycles. The first-order valence-electron chi connectivity index (χ1n) is 25.8. The van der Waals surface area contributed by atoms with Crippen LogP contribution in [0, 0.1) is 80.8 Å². The lowest BCUT2D eigenvalue weighted by atomic mass is 9.46. The lowest BCUT2D eigenvalue weighted by Crippen LogP contribution is -2.63. The van der Waals surface area contributed by atoms with Crippen LogP contribution >= 0.6 is 0 Å². The second-order valence-corrected chi connectivity index (χ2v) is 24.2. The molecule has 9 aliphatic rings. The fourth-order valence-electron chi connectivity index (χ4n) is 17.3. The van der Waals surface area contributed by atoms with E-state index in [-0.39, 0.29) is 47.4 Å². The molecule has 9 rings (SSSR count). The van der Waals surface area contributed by atoms with Crippen molar-refractivity contribution >= 4 is 17.5 Å². The van der Waals surface area contributed by atoms with Crippen LogP contribution in [-0.4, -0.2) is 66.1 Å². The predicted molar refractivity (Wildman–Crippen MR) is 244 cm³/mol. The Balaban J connectivity index is 0.818. The van der Waals surface area contributed by atoms with Gasteiger partial charge in [-0.15, -0.1) is 0 Å². The van der Waals surface area contributed by atoms with Crippen molar-refractivity contribution in [3.8, 4) is 0 Å². The van der Waals surface area contributed by atoms with Gasteiger partial charge in [-0.2, -0.15) is 0 Å². The zero-order chi connectivity index (χ0) is 44.9. The zero-order valence-electron chi connectivity index (χ0n) is 40.4. The number of aliphatic hydroxyl groups is 1. The van der Waals surface area contributed by atoms with E-state index in [0.717, 1.165) is 85.5 Å². The first-order valence-corrected chi connectivity index (χ1v) is 25.8. The predicted octanol–water partition coefficient (Wildman–Crippen LogP) is 10.9. The number of aliphatic hydroxyl groups excluding tert-OH is 1. The standard InChI is InChI=1S/C55H82O8/c1-10-11-49-62-47-28-44-40-17-15-35-26-37(56)20-23-52(35,7)50(40)45(57)29-54(44,9)55(47,63-49)46(58)30-61-48(59)31-60-38-21-24-51(6)36(27-38)14-16-39-42-19-18-41(53(42,8)25-22-43(39)51)34(5)13-12-33(4)32(2)3/h14,20,23,26,32-34,38-45,47,49-50,57H,10-13,15-19,21-22,24-25,27-31H2,1-9H3/t33-,34-,38+,39+,40+,41-,42+,43+,44+,45+,47?,49+,50-,51+,52+,53-,54+,55-/m1/s1. The van der Waals surface area contributed by atoms with Crippen LogP contribution in [0.5, 0.6) is 0 Å². The molecule has 0 radical (unpaired) electrons. The first-order chi connectivity index (χ1) is 29.9. The molecule has 18 atom stereocenters. The van der Waals surface area contributed by atoms with Gasteiger partial charge in [0.1, 0.15) is 6.61 Å². The normalized spacial score (nSPS) is 46.9. The second kappa shape index (κ2) is 16.9. The van der Waals surface area contributed by atoms with Crippen molar-refractivity contribution in [2.24, 2.45) is 80.8 Å². The van der Waals surface area contributed by atoms with Crippen molar-refractivity contribution in [1.29, 1.82) is 0 Å². The summed E-state index contributed by atoms with van der Waals surface area (Å²) in [5.41, 5.74) is 0.850. The molecule has 1 unspecified atom stereocenters. The Labute approximate surface area is 379 Å². The first kappa shape index (κ1) is 46.0. The molecule has 63 heavy (non-hydrogen) atoms. The van der Waals surface area contributed by atoms with Crippen LogP contribution < -0.4 is 0 Å². The Bertz CT molecular complexity index is 1880. The smallest absolute Gasteiger partial charge is 0.332 e. The molecule has 8 nitrogen and oxygen atoms in total. The summed E-state index contributed by atoms with van der Waals surface area (Å²) >= 11 is 0. The molecule has 1 aliphatic heterocycles.